The molecule has 3 aliphatic rings. The number of rotatable bonds is 3. The highest BCUT2D eigenvalue weighted by Crippen LogP contribution is 2.73. The Morgan fingerprint density at radius 2 is 1.85 bits per heavy atom. The van der Waals surface area contributed by atoms with E-state index in [0.29, 0.717) is 25.9 Å². The van der Waals surface area contributed by atoms with Crippen LogP contribution in [0.4, 0.5) is 0 Å². The summed E-state index contributed by atoms with van der Waals surface area (Å²) in [5.41, 5.74) is 4.52. The molecule has 0 radical (unpaired) electrons. The monoisotopic (exact) mass is 183 g/mol. The molecule has 0 heterocycles. The van der Waals surface area contributed by atoms with Crippen LogP contribution in [0.1, 0.15) is 26.2 Å². The lowest BCUT2D eigenvalue weighted by Gasteiger charge is -2.66. The van der Waals surface area contributed by atoms with Crippen LogP contribution in [0.3, 0.4) is 0 Å². The first-order chi connectivity index (χ1) is 6.05. The predicted octanol–water partition coefficient (Wildman–Crippen LogP) is 0.205. The Labute approximate surface area is 76.4 Å². The fourth-order valence-corrected chi connectivity index (χ4v) is 2.55. The van der Waals surface area contributed by atoms with Gasteiger partial charge in [0.25, 0.3) is 0 Å². The average Bonchev–Trinajstić information content (AvgIpc) is 1.79. The van der Waals surface area contributed by atoms with E-state index in [1.54, 1.807) is 6.92 Å². The van der Waals surface area contributed by atoms with E-state index in [1.807, 2.05) is 0 Å². The quantitative estimate of drug-likeness (QED) is 0.635. The molecule has 0 saturated heterocycles. The van der Waals surface area contributed by atoms with Gasteiger partial charge in [0.15, 0.2) is 0 Å². The number of hydrogen-bond acceptors (Lipinski definition) is 3. The molecule has 2 bridgehead atoms. The topological polar surface area (TPSA) is 69.4 Å². The summed E-state index contributed by atoms with van der Waals surface area (Å²) < 4.78 is 4.92. The number of nitrogens with two attached hydrogens (primary N) is 1. The zero-order valence-electron chi connectivity index (χ0n) is 7.63. The Bertz CT molecular complexity index is 265. The molecule has 3 rings (SSSR count). The van der Waals surface area contributed by atoms with Gasteiger partial charge in [0.05, 0.1) is 17.4 Å². The second-order valence-electron chi connectivity index (χ2n) is 4.18. The summed E-state index contributed by atoms with van der Waals surface area (Å²) in [5, 5.41) is 0. The van der Waals surface area contributed by atoms with Crippen LogP contribution in [0.5, 0.6) is 0 Å². The molecule has 0 unspecified atom stereocenters. The molecule has 0 aliphatic heterocycles. The first kappa shape index (κ1) is 8.53. The van der Waals surface area contributed by atoms with Crippen molar-refractivity contribution < 1.29 is 14.3 Å². The van der Waals surface area contributed by atoms with Crippen molar-refractivity contribution in [2.45, 2.75) is 26.2 Å². The first-order valence-corrected chi connectivity index (χ1v) is 4.52. The van der Waals surface area contributed by atoms with Crippen LogP contribution in [0.2, 0.25) is 0 Å². The van der Waals surface area contributed by atoms with Crippen LogP contribution < -0.4 is 5.73 Å². The van der Waals surface area contributed by atoms with E-state index >= 15 is 0 Å². The van der Waals surface area contributed by atoms with Crippen molar-refractivity contribution in [1.29, 1.82) is 0 Å². The minimum absolute atomic E-state index is 0.155. The van der Waals surface area contributed by atoms with Crippen molar-refractivity contribution in [3.05, 3.63) is 0 Å². The molecule has 13 heavy (non-hydrogen) atoms. The summed E-state index contributed by atoms with van der Waals surface area (Å²) in [6.45, 7) is 2.19. The zero-order valence-corrected chi connectivity index (χ0v) is 7.63. The highest BCUT2D eigenvalue weighted by molar-refractivity contribution is 5.92. The van der Waals surface area contributed by atoms with E-state index in [1.165, 1.54) is 0 Å². The summed E-state index contributed by atoms with van der Waals surface area (Å²) >= 11 is 0. The molecule has 72 valence electrons. The number of carbonyl (C=O) groups is 2. The Hall–Kier alpha value is -1.06. The van der Waals surface area contributed by atoms with Gasteiger partial charge in [-0.05, 0) is 26.2 Å². The number of hydrogen-bond donors (Lipinski definition) is 1. The Kier molecular flexibility index (Phi) is 1.47. The maximum atomic E-state index is 11.4. The van der Waals surface area contributed by atoms with Gasteiger partial charge >= 0.3 is 5.97 Å². The molecule has 0 aromatic heterocycles. The molecule has 0 aromatic carbocycles. The molecule has 4 nitrogen and oxygen atoms in total. The van der Waals surface area contributed by atoms with Gasteiger partial charge in [-0.3, -0.25) is 9.59 Å². The summed E-state index contributed by atoms with van der Waals surface area (Å²) in [4.78, 5) is 22.3. The van der Waals surface area contributed by atoms with Crippen LogP contribution in [0, 0.1) is 10.8 Å². The molecule has 2 N–H and O–H groups in total. The SMILES string of the molecule is CCOC(=O)C12CC(C(N)=O)(C1)C2. The number of esters is 1. The number of amides is 1. The Morgan fingerprint density at radius 1 is 1.31 bits per heavy atom. The molecule has 0 aromatic rings. The highest BCUT2D eigenvalue weighted by Gasteiger charge is 2.75. The molecule has 3 aliphatic carbocycles. The molecular formula is C9H13NO3. The third kappa shape index (κ3) is 0.857. The molecule has 4 heteroatoms. The van der Waals surface area contributed by atoms with Gasteiger partial charge in [0, 0.05) is 0 Å². The zero-order chi connectivity index (χ0) is 9.69. The van der Waals surface area contributed by atoms with E-state index in [4.69, 9.17) is 10.5 Å². The van der Waals surface area contributed by atoms with Gasteiger partial charge < -0.3 is 10.5 Å². The molecule has 3 saturated carbocycles. The van der Waals surface area contributed by atoms with E-state index in [2.05, 4.69) is 0 Å². The van der Waals surface area contributed by atoms with Gasteiger partial charge in [-0.1, -0.05) is 0 Å². The van der Waals surface area contributed by atoms with Crippen LogP contribution in [-0.2, 0) is 14.3 Å². The fraction of sp³-hybridized carbons (Fsp3) is 0.778. The number of carbonyl (C=O) groups excluding carboxylic acids is 2. The summed E-state index contributed by atoms with van der Waals surface area (Å²) in [6, 6.07) is 0. The van der Waals surface area contributed by atoms with Crippen molar-refractivity contribution in [2.24, 2.45) is 16.6 Å². The third-order valence-electron chi connectivity index (χ3n) is 3.26. The summed E-state index contributed by atoms with van der Waals surface area (Å²) in [5.74, 6) is -0.420. The summed E-state index contributed by atoms with van der Waals surface area (Å²) in [6.07, 6.45) is 1.82. The van der Waals surface area contributed by atoms with Crippen molar-refractivity contribution in [1.82, 2.24) is 0 Å². The van der Waals surface area contributed by atoms with Crippen molar-refractivity contribution in [3.63, 3.8) is 0 Å². The lowest BCUT2D eigenvalue weighted by Crippen LogP contribution is -2.70. The van der Waals surface area contributed by atoms with Crippen LogP contribution in [-0.4, -0.2) is 18.5 Å². The Balaban J connectivity index is 1.96. The van der Waals surface area contributed by atoms with E-state index in [9.17, 15) is 9.59 Å². The van der Waals surface area contributed by atoms with Crippen molar-refractivity contribution in [3.8, 4) is 0 Å². The number of primary amides is 1. The molecule has 1 amide bonds. The standard InChI is InChI=1S/C9H13NO3/c1-2-13-7(12)9-3-8(4-9,5-9)6(10)11/h2-5H2,1H3,(H2,10,11). The highest BCUT2D eigenvalue weighted by atomic mass is 16.5. The second-order valence-corrected chi connectivity index (χ2v) is 4.18. The maximum Gasteiger partial charge on any atom is 0.312 e. The summed E-state index contributed by atoms with van der Waals surface area (Å²) in [7, 11) is 0. The first-order valence-electron chi connectivity index (χ1n) is 4.52. The smallest absolute Gasteiger partial charge is 0.312 e. The molecular weight excluding hydrogens is 170 g/mol. The minimum atomic E-state index is -0.354. The van der Waals surface area contributed by atoms with Gasteiger partial charge in [-0.15, -0.1) is 0 Å². The lowest BCUT2D eigenvalue weighted by atomic mass is 9.35. The van der Waals surface area contributed by atoms with Crippen LogP contribution in [0.15, 0.2) is 0 Å². The van der Waals surface area contributed by atoms with E-state index < -0.39 is 0 Å². The maximum absolute atomic E-state index is 11.4. The largest absolute Gasteiger partial charge is 0.466 e. The Morgan fingerprint density at radius 3 is 2.23 bits per heavy atom. The molecule has 0 spiro atoms. The second kappa shape index (κ2) is 2.25. The van der Waals surface area contributed by atoms with Crippen LogP contribution in [0.25, 0.3) is 0 Å². The third-order valence-corrected chi connectivity index (χ3v) is 3.26. The van der Waals surface area contributed by atoms with Gasteiger partial charge in [0.2, 0.25) is 5.91 Å². The van der Waals surface area contributed by atoms with Crippen molar-refractivity contribution >= 4 is 11.9 Å². The van der Waals surface area contributed by atoms with E-state index in [0.717, 1.165) is 0 Å². The van der Waals surface area contributed by atoms with E-state index in [-0.39, 0.29) is 22.7 Å². The van der Waals surface area contributed by atoms with Gasteiger partial charge in [-0.2, -0.15) is 0 Å². The van der Waals surface area contributed by atoms with Crippen molar-refractivity contribution in [2.75, 3.05) is 6.61 Å². The fourth-order valence-electron chi connectivity index (χ4n) is 2.55. The van der Waals surface area contributed by atoms with Gasteiger partial charge in [-0.25, -0.2) is 0 Å². The molecule has 0 atom stereocenters. The normalized spacial score (nSPS) is 40.1. The predicted molar refractivity (Wildman–Crippen MR) is 44.5 cm³/mol. The van der Waals surface area contributed by atoms with Gasteiger partial charge in [0.1, 0.15) is 0 Å². The average molecular weight is 183 g/mol. The molecule has 3 fully saturated rings. The van der Waals surface area contributed by atoms with Crippen LogP contribution >= 0.6 is 0 Å². The lowest BCUT2D eigenvalue weighted by molar-refractivity contribution is -0.222. The number of ether oxygens (including phenoxy) is 1. The minimum Gasteiger partial charge on any atom is -0.466 e.